The van der Waals surface area contributed by atoms with Gasteiger partial charge in [-0.25, -0.2) is 0 Å². The first-order chi connectivity index (χ1) is 14.3. The molecule has 0 aliphatic carbocycles. The zero-order chi connectivity index (χ0) is 21.7. The smallest absolute Gasteiger partial charge is 0.283 e. The van der Waals surface area contributed by atoms with Gasteiger partial charge in [0.25, 0.3) is 5.69 Å². The summed E-state index contributed by atoms with van der Waals surface area (Å²) in [7, 11) is 0. The number of carbonyl (C=O) groups is 2. The van der Waals surface area contributed by atoms with E-state index in [0.717, 1.165) is 4.90 Å². The van der Waals surface area contributed by atoms with Gasteiger partial charge in [0.05, 0.1) is 9.82 Å². The van der Waals surface area contributed by atoms with Crippen LogP contribution < -0.4 is 5.73 Å². The van der Waals surface area contributed by atoms with Gasteiger partial charge in [-0.1, -0.05) is 30.0 Å². The van der Waals surface area contributed by atoms with E-state index in [-0.39, 0.29) is 17.5 Å². The van der Waals surface area contributed by atoms with Crippen molar-refractivity contribution in [2.75, 3.05) is 31.9 Å². The van der Waals surface area contributed by atoms with Crippen molar-refractivity contribution in [2.45, 2.75) is 16.7 Å². The summed E-state index contributed by atoms with van der Waals surface area (Å²) < 4.78 is 0. The number of benzene rings is 2. The molecule has 9 heteroatoms. The third-order valence-electron chi connectivity index (χ3n) is 4.77. The van der Waals surface area contributed by atoms with E-state index < -0.39 is 4.92 Å². The normalized spacial score (nSPS) is 14.2. The molecule has 0 atom stereocenters. The van der Waals surface area contributed by atoms with E-state index in [0.29, 0.717) is 42.3 Å². The van der Waals surface area contributed by atoms with Crippen LogP contribution in [-0.2, 0) is 9.59 Å². The number of hydrogen-bond acceptors (Lipinski definition) is 6. The van der Waals surface area contributed by atoms with Crippen LogP contribution in [-0.4, -0.2) is 52.7 Å². The van der Waals surface area contributed by atoms with Crippen molar-refractivity contribution in [3.63, 3.8) is 0 Å². The first-order valence-corrected chi connectivity index (χ1v) is 10.2. The second-order valence-corrected chi connectivity index (χ2v) is 7.87. The van der Waals surface area contributed by atoms with Gasteiger partial charge >= 0.3 is 0 Å². The molecule has 0 aromatic heterocycles. The Hall–Kier alpha value is -3.33. The minimum absolute atomic E-state index is 0.000157. The Kier molecular flexibility index (Phi) is 6.73. The quantitative estimate of drug-likeness (QED) is 0.341. The van der Waals surface area contributed by atoms with Gasteiger partial charge in [0.1, 0.15) is 0 Å². The Balaban J connectivity index is 1.71. The monoisotopic (exact) mass is 426 g/mol. The summed E-state index contributed by atoms with van der Waals surface area (Å²) in [4.78, 5) is 39.5. The summed E-state index contributed by atoms with van der Waals surface area (Å²) in [6, 6.07) is 12.0. The van der Waals surface area contributed by atoms with E-state index in [9.17, 15) is 19.7 Å². The molecule has 0 radical (unpaired) electrons. The lowest BCUT2D eigenvalue weighted by atomic mass is 10.2. The van der Waals surface area contributed by atoms with Crippen LogP contribution in [0.2, 0.25) is 0 Å². The van der Waals surface area contributed by atoms with Crippen molar-refractivity contribution in [3.05, 3.63) is 64.2 Å². The number of nitrogens with zero attached hydrogens (tertiary/aromatic N) is 3. The number of nitro benzene ring substituents is 1. The maximum absolute atomic E-state index is 12.4. The number of nitrogen functional groups attached to an aromatic ring is 1. The van der Waals surface area contributed by atoms with Crippen LogP contribution in [0.25, 0.3) is 6.08 Å². The lowest BCUT2D eigenvalue weighted by Gasteiger charge is -2.33. The fourth-order valence-electron chi connectivity index (χ4n) is 3.07. The number of amides is 2. The number of hydrogen-bond donors (Lipinski definition) is 1. The molecule has 30 heavy (non-hydrogen) atoms. The Bertz CT molecular complexity index is 1000. The molecule has 1 fully saturated rings. The van der Waals surface area contributed by atoms with Crippen molar-refractivity contribution >= 4 is 41.0 Å². The Morgan fingerprint density at radius 2 is 1.73 bits per heavy atom. The second kappa shape index (κ2) is 9.45. The fraction of sp³-hybridized carbons (Fsp3) is 0.238. The summed E-state index contributed by atoms with van der Waals surface area (Å²) in [6.07, 6.45) is 2.97. The van der Waals surface area contributed by atoms with E-state index in [1.54, 1.807) is 40.1 Å². The highest BCUT2D eigenvalue weighted by atomic mass is 32.2. The van der Waals surface area contributed by atoms with Crippen LogP contribution in [0.4, 0.5) is 11.4 Å². The Labute approximate surface area is 178 Å². The van der Waals surface area contributed by atoms with Gasteiger partial charge in [0.2, 0.25) is 11.8 Å². The third-order valence-corrected chi connectivity index (χ3v) is 5.93. The largest absolute Gasteiger partial charge is 0.398 e. The van der Waals surface area contributed by atoms with Crippen LogP contribution in [0.3, 0.4) is 0 Å². The molecule has 1 saturated heterocycles. The van der Waals surface area contributed by atoms with Gasteiger partial charge < -0.3 is 15.5 Å². The summed E-state index contributed by atoms with van der Waals surface area (Å²) >= 11 is 1.23. The first kappa shape index (κ1) is 21.4. The van der Waals surface area contributed by atoms with Gasteiger partial charge in [-0.15, -0.1) is 0 Å². The van der Waals surface area contributed by atoms with Gasteiger partial charge in [0.15, 0.2) is 0 Å². The van der Waals surface area contributed by atoms with Gasteiger partial charge in [0, 0.05) is 55.8 Å². The molecule has 0 saturated carbocycles. The van der Waals surface area contributed by atoms with E-state index in [1.165, 1.54) is 30.8 Å². The minimum atomic E-state index is -0.443. The first-order valence-electron chi connectivity index (χ1n) is 9.38. The molecule has 1 aliphatic heterocycles. The van der Waals surface area contributed by atoms with Gasteiger partial charge in [-0.05, 0) is 29.8 Å². The van der Waals surface area contributed by atoms with Gasteiger partial charge in [-0.2, -0.15) is 0 Å². The number of para-hydroxylation sites is 1. The predicted octanol–water partition coefficient (Wildman–Crippen LogP) is 3.03. The molecule has 2 aromatic carbocycles. The van der Waals surface area contributed by atoms with E-state index in [1.807, 2.05) is 12.1 Å². The SMILES string of the molecule is CC(=O)N1CCN(C(=O)C=Cc2ccc(Sc3ccccc3N)c([N+](=O)[O-])c2)CC1. The lowest BCUT2D eigenvalue weighted by Crippen LogP contribution is -2.49. The highest BCUT2D eigenvalue weighted by Gasteiger charge is 2.21. The summed E-state index contributed by atoms with van der Waals surface area (Å²) in [6.45, 7) is 3.47. The Morgan fingerprint density at radius 1 is 1.07 bits per heavy atom. The molecule has 3 rings (SSSR count). The topological polar surface area (TPSA) is 110 Å². The van der Waals surface area contributed by atoms with Crippen LogP contribution in [0.1, 0.15) is 12.5 Å². The standard InChI is InChI=1S/C21H22N4O4S/c1-15(26)23-10-12-24(13-11-23)21(27)9-7-16-6-8-20(18(14-16)25(28)29)30-19-5-3-2-4-17(19)22/h2-9,14H,10-13,22H2,1H3. The number of piperazine rings is 1. The zero-order valence-electron chi connectivity index (χ0n) is 16.5. The fourth-order valence-corrected chi connectivity index (χ4v) is 4.02. The number of nitrogens with two attached hydrogens (primary N) is 1. The second-order valence-electron chi connectivity index (χ2n) is 6.79. The molecule has 8 nitrogen and oxygen atoms in total. The van der Waals surface area contributed by atoms with Crippen molar-refractivity contribution in [3.8, 4) is 0 Å². The third kappa shape index (κ3) is 5.18. The number of nitro groups is 1. The van der Waals surface area contributed by atoms with E-state index in [2.05, 4.69) is 0 Å². The van der Waals surface area contributed by atoms with Crippen LogP contribution in [0, 0.1) is 10.1 Å². The molecule has 0 unspecified atom stereocenters. The molecule has 0 bridgehead atoms. The van der Waals surface area contributed by atoms with Gasteiger partial charge in [-0.3, -0.25) is 19.7 Å². The number of rotatable bonds is 5. The zero-order valence-corrected chi connectivity index (χ0v) is 17.3. The molecule has 0 spiro atoms. The number of carbonyl (C=O) groups excluding carboxylic acids is 2. The van der Waals surface area contributed by atoms with E-state index in [4.69, 9.17) is 5.73 Å². The predicted molar refractivity (Wildman–Crippen MR) is 116 cm³/mol. The molecular weight excluding hydrogens is 404 g/mol. The molecule has 1 heterocycles. The van der Waals surface area contributed by atoms with Crippen LogP contribution >= 0.6 is 11.8 Å². The Morgan fingerprint density at radius 3 is 2.37 bits per heavy atom. The molecule has 156 valence electrons. The van der Waals surface area contributed by atoms with Crippen molar-refractivity contribution < 1.29 is 14.5 Å². The van der Waals surface area contributed by atoms with Crippen molar-refractivity contribution in [1.82, 2.24) is 9.80 Å². The summed E-state index contributed by atoms with van der Waals surface area (Å²) in [5, 5.41) is 11.5. The molecule has 2 amide bonds. The van der Waals surface area contributed by atoms with Crippen molar-refractivity contribution in [1.29, 1.82) is 0 Å². The highest BCUT2D eigenvalue weighted by Crippen LogP contribution is 2.37. The van der Waals surface area contributed by atoms with Crippen LogP contribution in [0.5, 0.6) is 0 Å². The lowest BCUT2D eigenvalue weighted by molar-refractivity contribution is -0.387. The highest BCUT2D eigenvalue weighted by molar-refractivity contribution is 7.99. The molecule has 1 aliphatic rings. The molecule has 2 N–H and O–H groups in total. The average molecular weight is 426 g/mol. The molecular formula is C21H22N4O4S. The number of anilines is 1. The minimum Gasteiger partial charge on any atom is -0.398 e. The summed E-state index contributed by atoms with van der Waals surface area (Å²) in [5.41, 5.74) is 7.00. The average Bonchev–Trinajstić information content (AvgIpc) is 2.74. The molecule has 2 aromatic rings. The maximum atomic E-state index is 12.4. The summed E-state index contributed by atoms with van der Waals surface area (Å²) in [5.74, 6) is -0.184. The van der Waals surface area contributed by atoms with Crippen molar-refractivity contribution in [2.24, 2.45) is 0 Å². The van der Waals surface area contributed by atoms with E-state index >= 15 is 0 Å². The maximum Gasteiger partial charge on any atom is 0.283 e. The van der Waals surface area contributed by atoms with Crippen LogP contribution in [0.15, 0.2) is 58.3 Å².